The van der Waals surface area contributed by atoms with Crippen molar-refractivity contribution >= 4 is 53.3 Å². The minimum atomic E-state index is -3.58. The second-order valence-corrected chi connectivity index (χ2v) is 10.2. The van der Waals surface area contributed by atoms with E-state index < -0.39 is 10.0 Å². The number of likely N-dealkylation sites (N-methyl/N-ethyl adjacent to an activating group) is 1. The quantitative estimate of drug-likeness (QED) is 0.552. The zero-order valence-corrected chi connectivity index (χ0v) is 18.8. The number of para-hydroxylation sites is 1. The van der Waals surface area contributed by atoms with Crippen LogP contribution in [0.25, 0.3) is 0 Å². The third-order valence-electron chi connectivity index (χ3n) is 4.82. The molecule has 3 rings (SSSR count). The summed E-state index contributed by atoms with van der Waals surface area (Å²) in [4.78, 5) is 2.45. The number of hydrogen-bond acceptors (Lipinski definition) is 3. The van der Waals surface area contributed by atoms with Gasteiger partial charge < -0.3 is 4.90 Å². The fourth-order valence-electron chi connectivity index (χ4n) is 3.28. The third-order valence-corrected chi connectivity index (χ3v) is 8.60. The fraction of sp³-hybridized carbons (Fsp3) is 0.368. The summed E-state index contributed by atoms with van der Waals surface area (Å²) < 4.78 is 29.7. The molecular formula is C19H22Br2N2O2S. The summed E-state index contributed by atoms with van der Waals surface area (Å²) in [6, 6.07) is 13.5. The van der Waals surface area contributed by atoms with Crippen molar-refractivity contribution in [1.29, 1.82) is 0 Å². The number of rotatable bonds is 4. The van der Waals surface area contributed by atoms with Crippen molar-refractivity contribution in [3.63, 3.8) is 0 Å². The number of anilines is 2. The molecule has 0 bridgehead atoms. The van der Waals surface area contributed by atoms with E-state index in [4.69, 9.17) is 0 Å². The van der Waals surface area contributed by atoms with Crippen molar-refractivity contribution in [1.82, 2.24) is 4.31 Å². The smallest absolute Gasteiger partial charge is 0.245 e. The van der Waals surface area contributed by atoms with Crippen LogP contribution in [-0.4, -0.2) is 32.4 Å². The van der Waals surface area contributed by atoms with Crippen molar-refractivity contribution in [3.05, 3.63) is 51.4 Å². The number of fused-ring (bicyclic) bond motifs is 1. The number of nitrogens with zero attached hydrogens (tertiary/aromatic N) is 2. The maximum atomic E-state index is 13.3. The highest BCUT2D eigenvalue weighted by molar-refractivity contribution is 9.13. The average molecular weight is 502 g/mol. The normalized spacial score (nSPS) is 19.8. The van der Waals surface area contributed by atoms with E-state index in [2.05, 4.69) is 43.7 Å². The summed E-state index contributed by atoms with van der Waals surface area (Å²) in [7, 11) is -1.88. The average Bonchev–Trinajstić information content (AvgIpc) is 2.70. The topological polar surface area (TPSA) is 40.6 Å². The largest absolute Gasteiger partial charge is 0.339 e. The predicted octanol–water partition coefficient (Wildman–Crippen LogP) is 5.54. The van der Waals surface area contributed by atoms with Gasteiger partial charge in [-0.3, -0.25) is 0 Å². The lowest BCUT2D eigenvalue weighted by Gasteiger charge is -2.29. The van der Waals surface area contributed by atoms with E-state index in [0.717, 1.165) is 33.9 Å². The molecule has 1 atom stereocenters. The Morgan fingerprint density at radius 3 is 2.42 bits per heavy atom. The van der Waals surface area contributed by atoms with Crippen molar-refractivity contribution in [3.8, 4) is 0 Å². The van der Waals surface area contributed by atoms with E-state index in [-0.39, 0.29) is 6.04 Å². The molecule has 0 N–H and O–H groups in total. The number of benzene rings is 2. The molecule has 0 fully saturated rings. The van der Waals surface area contributed by atoms with Gasteiger partial charge in [0.2, 0.25) is 10.0 Å². The predicted molar refractivity (Wildman–Crippen MR) is 114 cm³/mol. The van der Waals surface area contributed by atoms with Crippen LogP contribution in [0.15, 0.2) is 56.3 Å². The Morgan fingerprint density at radius 1 is 1.12 bits per heavy atom. The summed E-state index contributed by atoms with van der Waals surface area (Å²) in [5, 5.41) is 0. The van der Waals surface area contributed by atoms with Crippen LogP contribution in [0.2, 0.25) is 0 Å². The monoisotopic (exact) mass is 500 g/mol. The van der Waals surface area contributed by atoms with Gasteiger partial charge in [-0.25, -0.2) is 8.42 Å². The van der Waals surface area contributed by atoms with Crippen molar-refractivity contribution in [2.24, 2.45) is 0 Å². The second-order valence-electron chi connectivity index (χ2n) is 6.50. The van der Waals surface area contributed by atoms with Gasteiger partial charge in [-0.2, -0.15) is 4.31 Å². The van der Waals surface area contributed by atoms with Crippen LogP contribution in [0.4, 0.5) is 11.4 Å². The Morgan fingerprint density at radius 2 is 1.77 bits per heavy atom. The zero-order valence-electron chi connectivity index (χ0n) is 14.8. The summed E-state index contributed by atoms with van der Waals surface area (Å²) in [5.74, 6) is 0. The van der Waals surface area contributed by atoms with E-state index >= 15 is 0 Å². The molecule has 0 radical (unpaired) electrons. The molecule has 1 aliphatic heterocycles. The van der Waals surface area contributed by atoms with Crippen LogP contribution in [0, 0.1) is 0 Å². The molecule has 4 nitrogen and oxygen atoms in total. The highest BCUT2D eigenvalue weighted by Crippen LogP contribution is 2.41. The first-order valence-electron chi connectivity index (χ1n) is 8.66. The van der Waals surface area contributed by atoms with Crippen LogP contribution in [0.3, 0.4) is 0 Å². The molecule has 0 saturated carbocycles. The first-order chi connectivity index (χ1) is 12.4. The molecule has 7 heteroatoms. The summed E-state index contributed by atoms with van der Waals surface area (Å²) in [5.41, 5.74) is 1.70. The number of sulfonamides is 1. The maximum absolute atomic E-state index is 13.3. The van der Waals surface area contributed by atoms with Gasteiger partial charge in [0.25, 0.3) is 0 Å². The molecule has 2 aromatic rings. The third kappa shape index (κ3) is 3.72. The zero-order chi connectivity index (χ0) is 18.9. The standard InChI is InChI=1S/C19H22Br2N2O2S/c1-3-4-8-15-13-23(14-9-6-5-7-10-14)18-11-16(20)17(21)12-19(18)26(24,25)22(15)2/h5-7,9-12,15H,3-4,8,13H2,1-2H3. The molecule has 26 heavy (non-hydrogen) atoms. The first kappa shape index (κ1) is 19.9. The molecule has 1 unspecified atom stereocenters. The summed E-state index contributed by atoms with van der Waals surface area (Å²) in [6.45, 7) is 2.75. The Labute approximate surface area is 172 Å². The van der Waals surface area contributed by atoms with Crippen LogP contribution in [-0.2, 0) is 10.0 Å². The van der Waals surface area contributed by atoms with Gasteiger partial charge in [0.1, 0.15) is 4.90 Å². The Kier molecular flexibility index (Phi) is 6.11. The molecule has 0 saturated heterocycles. The molecular weight excluding hydrogens is 480 g/mol. The van der Waals surface area contributed by atoms with E-state index in [1.807, 2.05) is 36.4 Å². The van der Waals surface area contributed by atoms with E-state index in [1.165, 1.54) is 0 Å². The molecule has 0 aromatic heterocycles. The maximum Gasteiger partial charge on any atom is 0.245 e. The minimum Gasteiger partial charge on any atom is -0.339 e. The van der Waals surface area contributed by atoms with Crippen molar-refractivity contribution < 1.29 is 8.42 Å². The van der Waals surface area contributed by atoms with Gasteiger partial charge in [-0.15, -0.1) is 0 Å². The summed E-state index contributed by atoms with van der Waals surface area (Å²) >= 11 is 6.98. The molecule has 1 aliphatic rings. The number of unbranched alkanes of at least 4 members (excludes halogenated alkanes) is 1. The van der Waals surface area contributed by atoms with E-state index in [1.54, 1.807) is 17.4 Å². The van der Waals surface area contributed by atoms with Gasteiger partial charge in [0, 0.05) is 34.3 Å². The molecule has 2 aromatic carbocycles. The van der Waals surface area contributed by atoms with Gasteiger partial charge in [-0.1, -0.05) is 38.0 Å². The Bertz CT molecular complexity index is 888. The van der Waals surface area contributed by atoms with Crippen molar-refractivity contribution in [2.45, 2.75) is 37.1 Å². The molecule has 0 amide bonds. The van der Waals surface area contributed by atoms with E-state index in [0.29, 0.717) is 17.1 Å². The van der Waals surface area contributed by atoms with Crippen LogP contribution in [0.5, 0.6) is 0 Å². The molecule has 0 aliphatic carbocycles. The van der Waals surface area contributed by atoms with E-state index in [9.17, 15) is 8.42 Å². The van der Waals surface area contributed by atoms with Crippen LogP contribution < -0.4 is 4.90 Å². The van der Waals surface area contributed by atoms with Gasteiger partial charge in [0.05, 0.1) is 5.69 Å². The lowest BCUT2D eigenvalue weighted by atomic mass is 10.1. The molecule has 1 heterocycles. The second kappa shape index (κ2) is 8.00. The fourth-order valence-corrected chi connectivity index (χ4v) is 5.68. The van der Waals surface area contributed by atoms with Gasteiger partial charge in [0.15, 0.2) is 0 Å². The number of hydrogen-bond donors (Lipinski definition) is 0. The van der Waals surface area contributed by atoms with Crippen molar-refractivity contribution in [2.75, 3.05) is 18.5 Å². The minimum absolute atomic E-state index is 0.0786. The SMILES string of the molecule is CCCCC1CN(c2ccccc2)c2cc(Br)c(Br)cc2S(=O)(=O)N1C. The lowest BCUT2D eigenvalue weighted by molar-refractivity contribution is 0.351. The van der Waals surface area contributed by atoms with Gasteiger partial charge in [-0.05, 0) is 62.5 Å². The number of halogens is 2. The Hall–Kier alpha value is -0.890. The van der Waals surface area contributed by atoms with Crippen LogP contribution in [0.1, 0.15) is 26.2 Å². The highest BCUT2D eigenvalue weighted by atomic mass is 79.9. The Balaban J connectivity index is 2.21. The molecule has 0 spiro atoms. The van der Waals surface area contributed by atoms with Crippen LogP contribution >= 0.6 is 31.9 Å². The van der Waals surface area contributed by atoms with Gasteiger partial charge >= 0.3 is 0 Å². The first-order valence-corrected chi connectivity index (χ1v) is 11.7. The summed E-state index contributed by atoms with van der Waals surface area (Å²) in [6.07, 6.45) is 2.88. The highest BCUT2D eigenvalue weighted by Gasteiger charge is 2.37. The molecule has 140 valence electrons. The lowest BCUT2D eigenvalue weighted by Crippen LogP contribution is -2.40.